The molecular formula is C31H39N3O4S. The third-order valence-electron chi connectivity index (χ3n) is 6.93. The SMILES string of the molecule is Cc1ccc(S(=O)(=O)N(CC(=O)N(Cc2ccccc2C)[C@H](C)C(=O)NC(C)C)c2cccc(C)c2C)cc1. The number of hydrogen-bond donors (Lipinski definition) is 1. The third kappa shape index (κ3) is 7.06. The van der Waals surface area contributed by atoms with Gasteiger partial charge in [-0.05, 0) is 88.9 Å². The first-order chi connectivity index (χ1) is 18.3. The molecule has 0 radical (unpaired) electrons. The summed E-state index contributed by atoms with van der Waals surface area (Å²) in [6.45, 7) is 12.7. The number of aryl methyl sites for hydroxylation is 3. The van der Waals surface area contributed by atoms with E-state index in [1.807, 2.05) is 71.9 Å². The Kier molecular flexibility index (Phi) is 9.56. The zero-order chi connectivity index (χ0) is 28.9. The van der Waals surface area contributed by atoms with Gasteiger partial charge in [0.15, 0.2) is 0 Å². The highest BCUT2D eigenvalue weighted by atomic mass is 32.2. The van der Waals surface area contributed by atoms with E-state index in [0.717, 1.165) is 27.8 Å². The van der Waals surface area contributed by atoms with Crippen molar-refractivity contribution < 1.29 is 18.0 Å². The van der Waals surface area contributed by atoms with Crippen molar-refractivity contribution in [1.29, 1.82) is 0 Å². The summed E-state index contributed by atoms with van der Waals surface area (Å²) in [4.78, 5) is 28.6. The second-order valence-corrected chi connectivity index (χ2v) is 12.2. The number of nitrogens with zero attached hydrogens (tertiary/aromatic N) is 2. The molecule has 2 amide bonds. The van der Waals surface area contributed by atoms with Gasteiger partial charge in [0.2, 0.25) is 11.8 Å². The van der Waals surface area contributed by atoms with Gasteiger partial charge < -0.3 is 10.2 Å². The average molecular weight is 550 g/mol. The molecule has 3 aromatic carbocycles. The molecule has 3 rings (SSSR count). The Labute approximate surface area is 232 Å². The van der Waals surface area contributed by atoms with Crippen molar-refractivity contribution in [3.05, 3.63) is 94.5 Å². The Morgan fingerprint density at radius 2 is 1.44 bits per heavy atom. The quantitative estimate of drug-likeness (QED) is 0.383. The number of carbonyl (C=O) groups excluding carboxylic acids is 2. The standard InChI is InChI=1S/C31H39N3O4S/c1-21(2)32-31(36)26(7)33(19-27-13-9-8-11-24(27)5)30(35)20-34(29-14-10-12-23(4)25(29)6)39(37,38)28-17-15-22(3)16-18-28/h8-18,21,26H,19-20H2,1-7H3,(H,32,36)/t26-/m1/s1. The van der Waals surface area contributed by atoms with E-state index in [1.54, 1.807) is 43.3 Å². The molecule has 0 heterocycles. The lowest BCUT2D eigenvalue weighted by Gasteiger charge is -2.33. The normalized spacial score (nSPS) is 12.2. The molecule has 8 heteroatoms. The minimum absolute atomic E-state index is 0.0952. The first-order valence-electron chi connectivity index (χ1n) is 13.1. The number of anilines is 1. The number of carbonyl (C=O) groups is 2. The molecule has 0 fully saturated rings. The van der Waals surface area contributed by atoms with Crippen LogP contribution in [-0.4, -0.2) is 43.8 Å². The third-order valence-corrected chi connectivity index (χ3v) is 8.71. The van der Waals surface area contributed by atoms with E-state index in [1.165, 1.54) is 9.21 Å². The number of benzene rings is 3. The van der Waals surface area contributed by atoms with Crippen LogP contribution in [0.2, 0.25) is 0 Å². The minimum atomic E-state index is -4.10. The van der Waals surface area contributed by atoms with Gasteiger partial charge in [0.05, 0.1) is 10.6 Å². The summed E-state index contributed by atoms with van der Waals surface area (Å²) < 4.78 is 29.2. The number of amides is 2. The highest BCUT2D eigenvalue weighted by molar-refractivity contribution is 7.92. The maximum Gasteiger partial charge on any atom is 0.264 e. The molecule has 0 aromatic heterocycles. The summed E-state index contributed by atoms with van der Waals surface area (Å²) >= 11 is 0. The van der Waals surface area contributed by atoms with Crippen molar-refractivity contribution in [2.45, 2.75) is 72.0 Å². The van der Waals surface area contributed by atoms with E-state index >= 15 is 0 Å². The van der Waals surface area contributed by atoms with Gasteiger partial charge in [-0.2, -0.15) is 0 Å². The molecule has 0 aliphatic heterocycles. The van der Waals surface area contributed by atoms with Crippen LogP contribution in [-0.2, 0) is 26.2 Å². The highest BCUT2D eigenvalue weighted by Crippen LogP contribution is 2.29. The van der Waals surface area contributed by atoms with Crippen LogP contribution in [0.25, 0.3) is 0 Å². The lowest BCUT2D eigenvalue weighted by atomic mass is 10.1. The summed E-state index contributed by atoms with van der Waals surface area (Å²) in [5, 5.41) is 2.88. The monoisotopic (exact) mass is 549 g/mol. The van der Waals surface area contributed by atoms with Crippen molar-refractivity contribution in [2.24, 2.45) is 0 Å². The average Bonchev–Trinajstić information content (AvgIpc) is 2.88. The van der Waals surface area contributed by atoms with Crippen LogP contribution in [0.3, 0.4) is 0 Å². The molecule has 0 unspecified atom stereocenters. The molecule has 0 bridgehead atoms. The van der Waals surface area contributed by atoms with Crippen LogP contribution in [0.5, 0.6) is 0 Å². The van der Waals surface area contributed by atoms with Gasteiger partial charge in [-0.1, -0.05) is 54.1 Å². The van der Waals surface area contributed by atoms with Gasteiger partial charge in [0.25, 0.3) is 10.0 Å². The molecule has 0 aliphatic carbocycles. The van der Waals surface area contributed by atoms with Gasteiger partial charge in [0, 0.05) is 12.6 Å². The van der Waals surface area contributed by atoms with Crippen molar-refractivity contribution in [1.82, 2.24) is 10.2 Å². The first-order valence-corrected chi connectivity index (χ1v) is 14.6. The fourth-order valence-corrected chi connectivity index (χ4v) is 5.79. The predicted octanol–water partition coefficient (Wildman–Crippen LogP) is 5.06. The Morgan fingerprint density at radius 1 is 0.821 bits per heavy atom. The van der Waals surface area contributed by atoms with Crippen molar-refractivity contribution in [3.63, 3.8) is 0 Å². The summed E-state index contributed by atoms with van der Waals surface area (Å²) in [5.41, 5.74) is 4.89. The van der Waals surface area contributed by atoms with Gasteiger partial charge >= 0.3 is 0 Å². The van der Waals surface area contributed by atoms with Crippen molar-refractivity contribution in [2.75, 3.05) is 10.8 Å². The maximum atomic E-state index is 14.0. The van der Waals surface area contributed by atoms with E-state index in [2.05, 4.69) is 5.32 Å². The topological polar surface area (TPSA) is 86.8 Å². The van der Waals surface area contributed by atoms with Crippen molar-refractivity contribution in [3.8, 4) is 0 Å². The van der Waals surface area contributed by atoms with Crippen molar-refractivity contribution >= 4 is 27.5 Å². The van der Waals surface area contributed by atoms with Crippen LogP contribution < -0.4 is 9.62 Å². The summed E-state index contributed by atoms with van der Waals surface area (Å²) in [6, 6.07) is 18.7. The van der Waals surface area contributed by atoms with E-state index in [4.69, 9.17) is 0 Å². The molecular weight excluding hydrogens is 510 g/mol. The van der Waals surface area contributed by atoms with Gasteiger partial charge in [-0.3, -0.25) is 13.9 Å². The lowest BCUT2D eigenvalue weighted by Crippen LogP contribution is -2.52. The van der Waals surface area contributed by atoms with E-state index in [9.17, 15) is 18.0 Å². The molecule has 0 aliphatic rings. The zero-order valence-electron chi connectivity index (χ0n) is 23.9. The summed E-state index contributed by atoms with van der Waals surface area (Å²) in [5.74, 6) is -0.770. The van der Waals surface area contributed by atoms with Gasteiger partial charge in [0.1, 0.15) is 12.6 Å². The largest absolute Gasteiger partial charge is 0.352 e. The molecule has 1 N–H and O–H groups in total. The second-order valence-electron chi connectivity index (χ2n) is 10.3. The second kappa shape index (κ2) is 12.5. The Morgan fingerprint density at radius 3 is 2.05 bits per heavy atom. The number of sulfonamides is 1. The molecule has 3 aromatic rings. The van der Waals surface area contributed by atoms with Crippen LogP contribution in [0.4, 0.5) is 5.69 Å². The van der Waals surface area contributed by atoms with E-state index in [-0.39, 0.29) is 23.4 Å². The maximum absolute atomic E-state index is 14.0. The molecule has 208 valence electrons. The van der Waals surface area contributed by atoms with Crippen LogP contribution in [0.1, 0.15) is 48.6 Å². The number of nitrogens with one attached hydrogen (secondary N) is 1. The molecule has 7 nitrogen and oxygen atoms in total. The summed E-state index contributed by atoms with van der Waals surface area (Å²) in [7, 11) is -4.10. The zero-order valence-corrected chi connectivity index (χ0v) is 24.7. The van der Waals surface area contributed by atoms with Gasteiger partial charge in [-0.15, -0.1) is 0 Å². The highest BCUT2D eigenvalue weighted by Gasteiger charge is 2.33. The lowest BCUT2D eigenvalue weighted by molar-refractivity contribution is -0.139. The van der Waals surface area contributed by atoms with Crippen LogP contribution in [0.15, 0.2) is 71.6 Å². The Bertz CT molecular complexity index is 1430. The Hall–Kier alpha value is -3.65. The Balaban J connectivity index is 2.09. The van der Waals surface area contributed by atoms with E-state index < -0.39 is 28.5 Å². The molecule has 1 atom stereocenters. The van der Waals surface area contributed by atoms with Gasteiger partial charge in [-0.25, -0.2) is 8.42 Å². The van der Waals surface area contributed by atoms with E-state index in [0.29, 0.717) is 5.69 Å². The fourth-order valence-electron chi connectivity index (χ4n) is 4.32. The summed E-state index contributed by atoms with van der Waals surface area (Å²) in [6.07, 6.45) is 0. The molecule has 0 saturated carbocycles. The predicted molar refractivity (Wildman–Crippen MR) is 156 cm³/mol. The van der Waals surface area contributed by atoms with Crippen LogP contribution in [0, 0.1) is 27.7 Å². The van der Waals surface area contributed by atoms with Crippen LogP contribution >= 0.6 is 0 Å². The molecule has 0 spiro atoms. The first kappa shape index (κ1) is 29.9. The number of rotatable bonds is 10. The number of hydrogen-bond acceptors (Lipinski definition) is 4. The minimum Gasteiger partial charge on any atom is -0.352 e. The smallest absolute Gasteiger partial charge is 0.264 e. The fraction of sp³-hybridized carbons (Fsp3) is 0.355. The molecule has 39 heavy (non-hydrogen) atoms. The molecule has 0 saturated heterocycles.